The maximum Gasteiger partial charge on any atom is 0.323 e. The maximum atomic E-state index is 12.7. The van der Waals surface area contributed by atoms with Gasteiger partial charge in [-0.25, -0.2) is 4.79 Å². The maximum absolute atomic E-state index is 12.7. The lowest BCUT2D eigenvalue weighted by atomic mass is 9.88. The zero-order valence-electron chi connectivity index (χ0n) is 15.0. The summed E-state index contributed by atoms with van der Waals surface area (Å²) in [6.45, 7) is 9.28. The van der Waals surface area contributed by atoms with Crippen molar-refractivity contribution in [2.45, 2.75) is 46.8 Å². The van der Waals surface area contributed by atoms with Crippen LogP contribution in [0.1, 0.15) is 39.0 Å². The largest absolute Gasteiger partial charge is 0.474 e. The van der Waals surface area contributed by atoms with Crippen molar-refractivity contribution < 1.29 is 9.53 Å². The predicted molar refractivity (Wildman–Crippen MR) is 93.3 cm³/mol. The Hall–Kier alpha value is -2.64. The first-order valence-corrected chi connectivity index (χ1v) is 8.40. The van der Waals surface area contributed by atoms with Gasteiger partial charge in [0, 0.05) is 23.9 Å². The summed E-state index contributed by atoms with van der Waals surface area (Å²) >= 11 is 0. The fourth-order valence-corrected chi connectivity index (χ4v) is 2.96. The van der Waals surface area contributed by atoms with Gasteiger partial charge < -0.3 is 9.64 Å². The van der Waals surface area contributed by atoms with Gasteiger partial charge >= 0.3 is 6.03 Å². The molecule has 2 aromatic rings. The zero-order chi connectivity index (χ0) is 18.0. The molecule has 3 rings (SSSR count). The molecule has 2 aromatic heterocycles. The van der Waals surface area contributed by atoms with Crippen LogP contribution in [-0.2, 0) is 13.0 Å². The van der Waals surface area contributed by atoms with Gasteiger partial charge in [0.2, 0.25) is 5.88 Å². The molecule has 0 spiro atoms. The summed E-state index contributed by atoms with van der Waals surface area (Å²) in [5, 5.41) is 17.9. The number of hydrogen-bond donors (Lipinski definition) is 2. The fourth-order valence-electron chi connectivity index (χ4n) is 2.96. The Kier molecular flexibility index (Phi) is 4.61. The van der Waals surface area contributed by atoms with E-state index in [2.05, 4.69) is 39.6 Å². The van der Waals surface area contributed by atoms with Crippen LogP contribution in [0.15, 0.2) is 18.3 Å². The number of nitrogens with one attached hydrogen (secondary N) is 2. The molecule has 0 aliphatic carbocycles. The molecule has 0 saturated heterocycles. The van der Waals surface area contributed by atoms with Gasteiger partial charge in [0.25, 0.3) is 0 Å². The van der Waals surface area contributed by atoms with Crippen LogP contribution in [0.2, 0.25) is 0 Å². The van der Waals surface area contributed by atoms with Crippen LogP contribution < -0.4 is 10.1 Å². The predicted octanol–water partition coefficient (Wildman–Crippen LogP) is 2.60. The number of H-pyrrole nitrogens is 1. The Bertz CT molecular complexity index is 738. The van der Waals surface area contributed by atoms with Crippen LogP contribution >= 0.6 is 0 Å². The number of carbonyl (C=O) groups excluding carboxylic acids is 1. The minimum Gasteiger partial charge on any atom is -0.474 e. The van der Waals surface area contributed by atoms with Gasteiger partial charge in [0.05, 0.1) is 18.8 Å². The van der Waals surface area contributed by atoms with Gasteiger partial charge in [-0.15, -0.1) is 10.2 Å². The van der Waals surface area contributed by atoms with Gasteiger partial charge in [-0.2, -0.15) is 5.10 Å². The summed E-state index contributed by atoms with van der Waals surface area (Å²) in [7, 11) is 0. The van der Waals surface area contributed by atoms with E-state index in [-0.39, 0.29) is 17.6 Å². The number of anilines is 1. The highest BCUT2D eigenvalue weighted by atomic mass is 16.5. The Balaban J connectivity index is 1.70. The summed E-state index contributed by atoms with van der Waals surface area (Å²) < 4.78 is 5.46. The molecule has 0 fully saturated rings. The Morgan fingerprint density at radius 1 is 1.36 bits per heavy atom. The number of fused-ring (bicyclic) bond motifs is 1. The van der Waals surface area contributed by atoms with E-state index in [1.54, 1.807) is 23.2 Å². The van der Waals surface area contributed by atoms with Gasteiger partial charge in [-0.3, -0.25) is 10.4 Å². The third-order valence-corrected chi connectivity index (χ3v) is 3.96. The first kappa shape index (κ1) is 17.2. The normalized spacial score (nSPS) is 16.3. The average Bonchev–Trinajstić information content (AvgIpc) is 2.88. The van der Waals surface area contributed by atoms with E-state index < -0.39 is 0 Å². The summed E-state index contributed by atoms with van der Waals surface area (Å²) in [6.07, 6.45) is 2.67. The smallest absolute Gasteiger partial charge is 0.323 e. The van der Waals surface area contributed by atoms with Crippen molar-refractivity contribution in [2.24, 2.45) is 5.41 Å². The molecular formula is C17H24N6O2. The number of aromatic amines is 1. The van der Waals surface area contributed by atoms with Crippen molar-refractivity contribution in [1.82, 2.24) is 25.3 Å². The Morgan fingerprint density at radius 2 is 2.16 bits per heavy atom. The van der Waals surface area contributed by atoms with Gasteiger partial charge in [-0.1, -0.05) is 13.8 Å². The van der Waals surface area contributed by atoms with Crippen molar-refractivity contribution in [3.8, 4) is 5.88 Å². The number of urea groups is 1. The standard InChI is InChI=1S/C17H24N6O2/c1-11(2)25-15-6-5-14(21-22-15)19-16(24)23-9-12-8-18-20-13(12)7-17(3,4)10-23/h5-6,8,11H,7,9-10H2,1-4H3,(H,18,20)(H,19,21,24). The number of hydrogen-bond acceptors (Lipinski definition) is 5. The van der Waals surface area contributed by atoms with E-state index in [1.165, 1.54) is 0 Å². The first-order valence-electron chi connectivity index (χ1n) is 8.40. The minimum atomic E-state index is -0.200. The van der Waals surface area contributed by atoms with Crippen molar-refractivity contribution >= 4 is 11.8 Å². The molecule has 25 heavy (non-hydrogen) atoms. The molecule has 0 saturated carbocycles. The molecule has 0 aromatic carbocycles. The lowest BCUT2D eigenvalue weighted by Crippen LogP contribution is -2.40. The average molecular weight is 344 g/mol. The van der Waals surface area contributed by atoms with E-state index >= 15 is 0 Å². The van der Waals surface area contributed by atoms with Crippen molar-refractivity contribution in [2.75, 3.05) is 11.9 Å². The summed E-state index contributed by atoms with van der Waals surface area (Å²) in [6, 6.07) is 3.19. The van der Waals surface area contributed by atoms with Crippen LogP contribution in [0, 0.1) is 5.41 Å². The van der Waals surface area contributed by atoms with E-state index in [1.807, 2.05) is 13.8 Å². The van der Waals surface area contributed by atoms with Crippen LogP contribution in [0.25, 0.3) is 0 Å². The molecule has 0 unspecified atom stereocenters. The van der Waals surface area contributed by atoms with Crippen LogP contribution in [0.4, 0.5) is 10.6 Å². The zero-order valence-corrected chi connectivity index (χ0v) is 15.0. The topological polar surface area (TPSA) is 96.0 Å². The second-order valence-corrected chi connectivity index (χ2v) is 7.42. The van der Waals surface area contributed by atoms with E-state index in [0.29, 0.717) is 24.8 Å². The molecule has 8 nitrogen and oxygen atoms in total. The van der Waals surface area contributed by atoms with E-state index in [0.717, 1.165) is 17.7 Å². The van der Waals surface area contributed by atoms with Crippen LogP contribution in [0.3, 0.4) is 0 Å². The summed E-state index contributed by atoms with van der Waals surface area (Å²) in [5.74, 6) is 0.836. The molecule has 2 amide bonds. The molecule has 8 heteroatoms. The third kappa shape index (κ3) is 4.26. The number of rotatable bonds is 3. The lowest BCUT2D eigenvalue weighted by Gasteiger charge is -2.29. The molecule has 0 radical (unpaired) electrons. The molecule has 3 heterocycles. The fraction of sp³-hybridized carbons (Fsp3) is 0.529. The highest BCUT2D eigenvalue weighted by Gasteiger charge is 2.31. The van der Waals surface area contributed by atoms with E-state index in [9.17, 15) is 4.79 Å². The molecule has 1 aliphatic heterocycles. The Labute approximate surface area is 147 Å². The molecule has 134 valence electrons. The van der Waals surface area contributed by atoms with Crippen molar-refractivity contribution in [3.63, 3.8) is 0 Å². The minimum absolute atomic E-state index is 0.0261. The van der Waals surface area contributed by atoms with Gasteiger partial charge in [0.1, 0.15) is 0 Å². The van der Waals surface area contributed by atoms with E-state index in [4.69, 9.17) is 4.74 Å². The first-order chi connectivity index (χ1) is 11.8. The SMILES string of the molecule is CC(C)Oc1ccc(NC(=O)N2Cc3cn[nH]c3CC(C)(C)C2)nn1. The van der Waals surface area contributed by atoms with Crippen LogP contribution in [0.5, 0.6) is 5.88 Å². The molecule has 0 bridgehead atoms. The number of aromatic nitrogens is 4. The molecule has 1 aliphatic rings. The summed E-state index contributed by atoms with van der Waals surface area (Å²) in [5.41, 5.74) is 2.10. The van der Waals surface area contributed by atoms with Crippen molar-refractivity contribution in [1.29, 1.82) is 0 Å². The number of amides is 2. The molecule has 2 N–H and O–H groups in total. The number of nitrogens with zero attached hydrogens (tertiary/aromatic N) is 4. The molecule has 0 atom stereocenters. The van der Waals surface area contributed by atoms with Gasteiger partial charge in [-0.05, 0) is 31.7 Å². The third-order valence-electron chi connectivity index (χ3n) is 3.96. The lowest BCUT2D eigenvalue weighted by molar-refractivity contribution is 0.180. The highest BCUT2D eigenvalue weighted by molar-refractivity contribution is 5.88. The second kappa shape index (κ2) is 6.70. The van der Waals surface area contributed by atoms with Gasteiger partial charge in [0.15, 0.2) is 5.82 Å². The second-order valence-electron chi connectivity index (χ2n) is 7.42. The highest BCUT2D eigenvalue weighted by Crippen LogP contribution is 2.29. The number of carbonyl (C=O) groups is 1. The Morgan fingerprint density at radius 3 is 2.84 bits per heavy atom. The molecular weight excluding hydrogens is 320 g/mol. The number of ether oxygens (including phenoxy) is 1. The van der Waals surface area contributed by atoms with Crippen molar-refractivity contribution in [3.05, 3.63) is 29.6 Å². The monoisotopic (exact) mass is 344 g/mol. The quantitative estimate of drug-likeness (QED) is 0.892. The summed E-state index contributed by atoms with van der Waals surface area (Å²) in [4.78, 5) is 14.5. The van der Waals surface area contributed by atoms with Crippen LogP contribution in [-0.4, -0.2) is 44.0 Å².